The maximum absolute atomic E-state index is 9.55. The number of nitrogens with one attached hydrogen (secondary N) is 1. The molecule has 1 aromatic rings. The third-order valence-electron chi connectivity index (χ3n) is 2.54. The third-order valence-corrected chi connectivity index (χ3v) is 2.54. The van der Waals surface area contributed by atoms with Gasteiger partial charge in [-0.2, -0.15) is 5.17 Å². The summed E-state index contributed by atoms with van der Waals surface area (Å²) in [6, 6.07) is 10.0. The molecular weight excluding hydrogens is 188 g/mol. The predicted molar refractivity (Wildman–Crippen MR) is 59.6 cm³/mol. The number of hydrogen-bond donors (Lipinski definition) is 2. The van der Waals surface area contributed by atoms with Crippen molar-refractivity contribution in [2.75, 3.05) is 0 Å². The molecule has 15 heavy (non-hydrogen) atoms. The Morgan fingerprint density at radius 3 is 2.47 bits per heavy atom. The summed E-state index contributed by atoms with van der Waals surface area (Å²) in [4.78, 5) is 0. The molecule has 1 heterocycles. The molecule has 0 aromatic heterocycles. The van der Waals surface area contributed by atoms with E-state index in [9.17, 15) is 5.21 Å². The Balaban J connectivity index is 2.51. The van der Waals surface area contributed by atoms with Gasteiger partial charge in [-0.05, 0) is 25.0 Å². The quantitative estimate of drug-likeness (QED) is 0.734. The fourth-order valence-corrected chi connectivity index (χ4v) is 1.76. The lowest BCUT2D eigenvalue weighted by atomic mass is 9.97. The molecule has 0 atom stereocenters. The summed E-state index contributed by atoms with van der Waals surface area (Å²) in [5.41, 5.74) is 6.85. The summed E-state index contributed by atoms with van der Waals surface area (Å²) in [5.74, 6) is 0. The molecule has 78 valence electrons. The zero-order chi connectivity index (χ0) is 10.8. The first kappa shape index (κ1) is 9.80. The van der Waals surface area contributed by atoms with Crippen molar-refractivity contribution in [3.8, 4) is 0 Å². The molecule has 2 rings (SSSR count). The van der Waals surface area contributed by atoms with Gasteiger partial charge in [-0.25, -0.2) is 0 Å². The van der Waals surface area contributed by atoms with E-state index in [0.29, 0.717) is 0 Å². The molecule has 1 aliphatic heterocycles. The van der Waals surface area contributed by atoms with Crippen LogP contribution in [0.2, 0.25) is 0 Å². The molecule has 1 aromatic carbocycles. The summed E-state index contributed by atoms with van der Waals surface area (Å²) in [6.07, 6.45) is 1.79. The van der Waals surface area contributed by atoms with Crippen molar-refractivity contribution in [3.05, 3.63) is 53.4 Å². The Hall–Kier alpha value is -1.74. The summed E-state index contributed by atoms with van der Waals surface area (Å²) in [7, 11) is 0. The molecule has 0 saturated carbocycles. The first-order chi connectivity index (χ1) is 7.20. The van der Waals surface area contributed by atoms with Crippen LogP contribution in [0.1, 0.15) is 19.4 Å². The van der Waals surface area contributed by atoms with Crippen LogP contribution in [0.4, 0.5) is 0 Å². The molecular formula is C12H14N2O. The second-order valence-electron chi connectivity index (χ2n) is 3.59. The average Bonchev–Trinajstić information content (AvgIpc) is 2.26. The number of hydroxylamine groups is 1. The minimum atomic E-state index is 0.807. The molecule has 2 N–H and O–H groups in total. The van der Waals surface area contributed by atoms with E-state index in [1.54, 1.807) is 6.20 Å². The van der Waals surface area contributed by atoms with E-state index in [1.165, 1.54) is 0 Å². The van der Waals surface area contributed by atoms with Gasteiger partial charge in [0.15, 0.2) is 0 Å². The Labute approximate surface area is 89.3 Å². The first-order valence-corrected chi connectivity index (χ1v) is 4.89. The Kier molecular flexibility index (Phi) is 2.47. The lowest BCUT2D eigenvalue weighted by Gasteiger charge is -2.26. The highest BCUT2D eigenvalue weighted by Gasteiger charge is 2.15. The van der Waals surface area contributed by atoms with Gasteiger partial charge in [0, 0.05) is 11.8 Å². The van der Waals surface area contributed by atoms with Crippen LogP contribution in [-0.4, -0.2) is 10.4 Å². The highest BCUT2D eigenvalue weighted by Crippen LogP contribution is 2.28. The van der Waals surface area contributed by atoms with Gasteiger partial charge in [-0.3, -0.25) is 10.6 Å². The van der Waals surface area contributed by atoms with Crippen molar-refractivity contribution in [1.82, 2.24) is 10.6 Å². The molecule has 1 aliphatic rings. The van der Waals surface area contributed by atoms with Crippen molar-refractivity contribution < 1.29 is 5.21 Å². The van der Waals surface area contributed by atoms with Gasteiger partial charge in [0.1, 0.15) is 0 Å². The number of hydrazine groups is 1. The van der Waals surface area contributed by atoms with E-state index < -0.39 is 0 Å². The topological polar surface area (TPSA) is 35.5 Å². The molecule has 0 bridgehead atoms. The van der Waals surface area contributed by atoms with E-state index >= 15 is 0 Å². The summed E-state index contributed by atoms with van der Waals surface area (Å²) in [6.45, 7) is 3.90. The number of benzene rings is 1. The van der Waals surface area contributed by atoms with Crippen LogP contribution in [-0.2, 0) is 0 Å². The monoisotopic (exact) mass is 202 g/mol. The normalized spacial score (nSPS) is 16.2. The first-order valence-electron chi connectivity index (χ1n) is 4.89. The van der Waals surface area contributed by atoms with E-state index in [2.05, 4.69) is 5.43 Å². The largest absolute Gasteiger partial charge is 0.282 e. The van der Waals surface area contributed by atoms with Crippen LogP contribution in [0.5, 0.6) is 0 Å². The maximum Gasteiger partial charge on any atom is 0.0700 e. The zero-order valence-corrected chi connectivity index (χ0v) is 8.86. The molecule has 0 fully saturated rings. The van der Waals surface area contributed by atoms with Crippen LogP contribution < -0.4 is 5.43 Å². The van der Waals surface area contributed by atoms with Crippen molar-refractivity contribution >= 4 is 5.57 Å². The highest BCUT2D eigenvalue weighted by molar-refractivity contribution is 5.80. The van der Waals surface area contributed by atoms with E-state index in [4.69, 9.17) is 0 Å². The number of nitrogens with zero attached hydrogens (tertiary/aromatic N) is 1. The number of hydrogen-bond acceptors (Lipinski definition) is 3. The van der Waals surface area contributed by atoms with Crippen LogP contribution in [0.25, 0.3) is 5.57 Å². The van der Waals surface area contributed by atoms with Crippen molar-refractivity contribution in [3.63, 3.8) is 0 Å². The summed E-state index contributed by atoms with van der Waals surface area (Å²) >= 11 is 0. The SMILES string of the molecule is CC1=CNN(O)C(C)=C1c1ccccc1. The molecule has 0 radical (unpaired) electrons. The van der Waals surface area contributed by atoms with Crippen molar-refractivity contribution in [2.24, 2.45) is 0 Å². The van der Waals surface area contributed by atoms with Gasteiger partial charge in [0.25, 0.3) is 0 Å². The van der Waals surface area contributed by atoms with Gasteiger partial charge in [0.05, 0.1) is 5.70 Å². The van der Waals surface area contributed by atoms with Gasteiger partial charge >= 0.3 is 0 Å². The second-order valence-corrected chi connectivity index (χ2v) is 3.59. The smallest absolute Gasteiger partial charge is 0.0700 e. The van der Waals surface area contributed by atoms with E-state index in [-0.39, 0.29) is 0 Å². The van der Waals surface area contributed by atoms with Gasteiger partial charge < -0.3 is 0 Å². The molecule has 3 heteroatoms. The fourth-order valence-electron chi connectivity index (χ4n) is 1.76. The highest BCUT2D eigenvalue weighted by atomic mass is 16.5. The van der Waals surface area contributed by atoms with E-state index in [1.807, 2.05) is 44.2 Å². The van der Waals surface area contributed by atoms with Crippen molar-refractivity contribution in [1.29, 1.82) is 0 Å². The van der Waals surface area contributed by atoms with Crippen molar-refractivity contribution in [2.45, 2.75) is 13.8 Å². The maximum atomic E-state index is 9.55. The van der Waals surface area contributed by atoms with Crippen LogP contribution >= 0.6 is 0 Å². The van der Waals surface area contributed by atoms with Gasteiger partial charge in [-0.15, -0.1) is 0 Å². The molecule has 0 amide bonds. The van der Waals surface area contributed by atoms with Gasteiger partial charge in [0.2, 0.25) is 0 Å². The standard InChI is InChI=1S/C12H14N2O/c1-9-8-13-14(15)10(2)12(9)11-6-4-3-5-7-11/h3-8,13,15H,1-2H3. The Bertz CT molecular complexity index is 421. The minimum Gasteiger partial charge on any atom is -0.282 e. The van der Waals surface area contributed by atoms with Crippen LogP contribution in [0.15, 0.2) is 47.8 Å². The number of rotatable bonds is 1. The van der Waals surface area contributed by atoms with E-state index in [0.717, 1.165) is 27.6 Å². The Morgan fingerprint density at radius 1 is 1.13 bits per heavy atom. The third kappa shape index (κ3) is 1.74. The van der Waals surface area contributed by atoms with Crippen LogP contribution in [0.3, 0.4) is 0 Å². The lowest BCUT2D eigenvalue weighted by Crippen LogP contribution is -2.32. The minimum absolute atomic E-state index is 0.807. The second kappa shape index (κ2) is 3.79. The average molecular weight is 202 g/mol. The predicted octanol–water partition coefficient (Wildman–Crippen LogP) is 2.53. The summed E-state index contributed by atoms with van der Waals surface area (Å²) in [5, 5.41) is 10.6. The molecule has 0 saturated heterocycles. The lowest BCUT2D eigenvalue weighted by molar-refractivity contribution is -0.0895. The number of allylic oxidation sites excluding steroid dienone is 3. The summed E-state index contributed by atoms with van der Waals surface area (Å²) < 4.78 is 0. The van der Waals surface area contributed by atoms with Crippen LogP contribution in [0, 0.1) is 0 Å². The fraction of sp³-hybridized carbons (Fsp3) is 0.167. The molecule has 0 aliphatic carbocycles. The van der Waals surface area contributed by atoms with Gasteiger partial charge in [-0.1, -0.05) is 30.3 Å². The molecule has 0 spiro atoms. The Morgan fingerprint density at radius 2 is 1.80 bits per heavy atom. The molecule has 3 nitrogen and oxygen atoms in total. The zero-order valence-electron chi connectivity index (χ0n) is 8.86. The molecule has 0 unspecified atom stereocenters.